The minimum atomic E-state index is -0.705. The Balaban J connectivity index is 3.79. The van der Waals surface area contributed by atoms with Crippen LogP contribution in [0.4, 0.5) is 0 Å². The molecule has 0 spiro atoms. The molecule has 0 rings (SSSR count). The number of ether oxygens (including phenoxy) is 1. The van der Waals surface area contributed by atoms with Gasteiger partial charge in [-0.05, 0) is 20.3 Å². The Kier molecular flexibility index (Phi) is 3.15. The molecule has 2 heteroatoms. The predicted molar refractivity (Wildman–Crippen MR) is 37.4 cm³/mol. The van der Waals surface area contributed by atoms with Crippen molar-refractivity contribution in [1.82, 2.24) is 0 Å². The number of hydrogen-bond acceptors (Lipinski definition) is 2. The van der Waals surface area contributed by atoms with E-state index in [1.807, 2.05) is 6.92 Å². The van der Waals surface area contributed by atoms with Crippen LogP contribution in [-0.2, 0) is 4.74 Å². The molecule has 0 saturated heterocycles. The van der Waals surface area contributed by atoms with Crippen LogP contribution in [0.5, 0.6) is 0 Å². The third kappa shape index (κ3) is 2.82. The Morgan fingerprint density at radius 1 is 1.56 bits per heavy atom. The molecule has 56 valence electrons. The third-order valence-electron chi connectivity index (χ3n) is 1.44. The van der Waals surface area contributed by atoms with Crippen LogP contribution >= 0.6 is 0 Å². The fourth-order valence-electron chi connectivity index (χ4n) is 0.955. The van der Waals surface area contributed by atoms with Gasteiger partial charge in [0.15, 0.2) is 0 Å². The van der Waals surface area contributed by atoms with Gasteiger partial charge in [-0.1, -0.05) is 6.92 Å². The maximum Gasteiger partial charge on any atom is 0.0852 e. The highest BCUT2D eigenvalue weighted by molar-refractivity contribution is 4.75. The monoisotopic (exact) mass is 132 g/mol. The van der Waals surface area contributed by atoms with E-state index in [1.54, 1.807) is 21.0 Å². The first-order valence-electron chi connectivity index (χ1n) is 3.27. The van der Waals surface area contributed by atoms with Crippen LogP contribution in [0, 0.1) is 0 Å². The topological polar surface area (TPSA) is 29.5 Å². The summed E-state index contributed by atoms with van der Waals surface area (Å²) in [5.74, 6) is 0. The zero-order chi connectivity index (χ0) is 7.49. The standard InChI is InChI=1S/C7H16O2/c1-5-6(9-4)7(2,3)8/h6,8H,5H2,1-4H3/t6-/m0/s1. The van der Waals surface area contributed by atoms with Gasteiger partial charge in [-0.15, -0.1) is 0 Å². The summed E-state index contributed by atoms with van der Waals surface area (Å²) in [6.45, 7) is 5.50. The van der Waals surface area contributed by atoms with E-state index in [1.165, 1.54) is 0 Å². The van der Waals surface area contributed by atoms with E-state index in [-0.39, 0.29) is 6.10 Å². The molecule has 0 aromatic carbocycles. The molecule has 2 nitrogen and oxygen atoms in total. The average Bonchev–Trinajstić information content (AvgIpc) is 1.65. The minimum Gasteiger partial charge on any atom is -0.388 e. The van der Waals surface area contributed by atoms with Crippen LogP contribution in [0.3, 0.4) is 0 Å². The van der Waals surface area contributed by atoms with E-state index >= 15 is 0 Å². The predicted octanol–water partition coefficient (Wildman–Crippen LogP) is 1.18. The lowest BCUT2D eigenvalue weighted by molar-refractivity contribution is -0.0707. The molecule has 1 N–H and O–H groups in total. The molecule has 0 bridgehead atoms. The van der Waals surface area contributed by atoms with Crippen molar-refractivity contribution in [2.45, 2.75) is 38.9 Å². The summed E-state index contributed by atoms with van der Waals surface area (Å²) in [7, 11) is 1.62. The molecule has 0 aliphatic carbocycles. The molecule has 0 amide bonds. The van der Waals surface area contributed by atoms with Gasteiger partial charge in [-0.3, -0.25) is 0 Å². The molecule has 0 aromatic rings. The summed E-state index contributed by atoms with van der Waals surface area (Å²) < 4.78 is 5.01. The van der Waals surface area contributed by atoms with Crippen LogP contribution < -0.4 is 0 Å². The third-order valence-corrected chi connectivity index (χ3v) is 1.44. The summed E-state index contributed by atoms with van der Waals surface area (Å²) in [4.78, 5) is 0. The van der Waals surface area contributed by atoms with Crippen LogP contribution in [0.25, 0.3) is 0 Å². The van der Waals surface area contributed by atoms with E-state index in [0.29, 0.717) is 0 Å². The SMILES string of the molecule is CC[C@H](OC)C(C)(C)O. The fourth-order valence-corrected chi connectivity index (χ4v) is 0.955. The smallest absolute Gasteiger partial charge is 0.0852 e. The van der Waals surface area contributed by atoms with Gasteiger partial charge < -0.3 is 9.84 Å². The number of hydrogen-bond donors (Lipinski definition) is 1. The first-order chi connectivity index (χ1) is 4.02. The quantitative estimate of drug-likeness (QED) is 0.625. The molecule has 0 unspecified atom stereocenters. The number of aliphatic hydroxyl groups is 1. The lowest BCUT2D eigenvalue weighted by Gasteiger charge is -2.26. The summed E-state index contributed by atoms with van der Waals surface area (Å²) in [5, 5.41) is 9.35. The van der Waals surface area contributed by atoms with Crippen LogP contribution in [0.15, 0.2) is 0 Å². The van der Waals surface area contributed by atoms with E-state index < -0.39 is 5.60 Å². The Labute approximate surface area is 56.8 Å². The van der Waals surface area contributed by atoms with Gasteiger partial charge in [0.05, 0.1) is 11.7 Å². The molecule has 0 fully saturated rings. The maximum absolute atomic E-state index is 9.35. The van der Waals surface area contributed by atoms with Crippen molar-refractivity contribution in [3.63, 3.8) is 0 Å². The van der Waals surface area contributed by atoms with Gasteiger partial charge in [0.2, 0.25) is 0 Å². The molecule has 0 aliphatic rings. The molecule has 0 radical (unpaired) electrons. The number of rotatable bonds is 3. The Morgan fingerprint density at radius 3 is 2.00 bits per heavy atom. The maximum atomic E-state index is 9.35. The molecular formula is C7H16O2. The lowest BCUT2D eigenvalue weighted by atomic mass is 10.00. The second-order valence-corrected chi connectivity index (χ2v) is 2.79. The first-order valence-corrected chi connectivity index (χ1v) is 3.27. The van der Waals surface area contributed by atoms with Crippen molar-refractivity contribution in [3.05, 3.63) is 0 Å². The number of methoxy groups -OCH3 is 1. The molecule has 0 saturated carbocycles. The molecule has 0 aliphatic heterocycles. The molecular weight excluding hydrogens is 116 g/mol. The zero-order valence-electron chi connectivity index (χ0n) is 6.64. The van der Waals surface area contributed by atoms with Gasteiger partial charge in [0.25, 0.3) is 0 Å². The van der Waals surface area contributed by atoms with E-state index in [9.17, 15) is 5.11 Å². The normalized spacial score (nSPS) is 15.7. The van der Waals surface area contributed by atoms with Crippen LogP contribution in [-0.4, -0.2) is 23.9 Å². The van der Waals surface area contributed by atoms with E-state index in [4.69, 9.17) is 4.74 Å². The van der Waals surface area contributed by atoms with Gasteiger partial charge in [-0.2, -0.15) is 0 Å². The first kappa shape index (κ1) is 8.92. The molecule has 9 heavy (non-hydrogen) atoms. The summed E-state index contributed by atoms with van der Waals surface area (Å²) in [6, 6.07) is 0. The summed E-state index contributed by atoms with van der Waals surface area (Å²) in [6.07, 6.45) is 0.803. The van der Waals surface area contributed by atoms with Crippen molar-refractivity contribution in [1.29, 1.82) is 0 Å². The Morgan fingerprint density at radius 2 is 2.00 bits per heavy atom. The van der Waals surface area contributed by atoms with Gasteiger partial charge in [0.1, 0.15) is 0 Å². The second kappa shape index (κ2) is 3.18. The Bertz CT molecular complexity index is 69.5. The minimum absolute atomic E-state index is 0.0440. The largest absolute Gasteiger partial charge is 0.388 e. The molecule has 0 aromatic heterocycles. The fraction of sp³-hybridized carbons (Fsp3) is 1.00. The van der Waals surface area contributed by atoms with E-state index in [2.05, 4.69) is 0 Å². The summed E-state index contributed by atoms with van der Waals surface area (Å²) >= 11 is 0. The highest BCUT2D eigenvalue weighted by atomic mass is 16.5. The van der Waals surface area contributed by atoms with Crippen molar-refractivity contribution < 1.29 is 9.84 Å². The van der Waals surface area contributed by atoms with Crippen molar-refractivity contribution >= 4 is 0 Å². The van der Waals surface area contributed by atoms with Gasteiger partial charge >= 0.3 is 0 Å². The summed E-state index contributed by atoms with van der Waals surface area (Å²) in [5.41, 5.74) is -0.705. The lowest BCUT2D eigenvalue weighted by Crippen LogP contribution is -2.36. The molecule has 1 atom stereocenters. The zero-order valence-corrected chi connectivity index (χ0v) is 6.64. The van der Waals surface area contributed by atoms with Crippen molar-refractivity contribution in [2.24, 2.45) is 0 Å². The highest BCUT2D eigenvalue weighted by Gasteiger charge is 2.24. The van der Waals surface area contributed by atoms with Gasteiger partial charge in [-0.25, -0.2) is 0 Å². The van der Waals surface area contributed by atoms with Crippen molar-refractivity contribution in [2.75, 3.05) is 7.11 Å². The average molecular weight is 132 g/mol. The van der Waals surface area contributed by atoms with Crippen LogP contribution in [0.1, 0.15) is 27.2 Å². The second-order valence-electron chi connectivity index (χ2n) is 2.79. The molecule has 0 heterocycles. The van der Waals surface area contributed by atoms with Crippen LogP contribution in [0.2, 0.25) is 0 Å². The van der Waals surface area contributed by atoms with Crippen molar-refractivity contribution in [3.8, 4) is 0 Å². The van der Waals surface area contributed by atoms with E-state index in [0.717, 1.165) is 6.42 Å². The highest BCUT2D eigenvalue weighted by Crippen LogP contribution is 2.13. The van der Waals surface area contributed by atoms with Gasteiger partial charge in [0, 0.05) is 7.11 Å². The Hall–Kier alpha value is -0.0800.